The molecule has 0 fully saturated rings. The van der Waals surface area contributed by atoms with Crippen molar-refractivity contribution in [3.8, 4) is 22.5 Å². The third kappa shape index (κ3) is 6.47. The molecule has 1 atom stereocenters. The number of rotatable bonds is 4. The normalized spacial score (nSPS) is 11.4. The molecule has 0 aliphatic carbocycles. The van der Waals surface area contributed by atoms with Crippen LogP contribution in [-0.2, 0) is 0 Å². The Kier molecular flexibility index (Phi) is 9.63. The van der Waals surface area contributed by atoms with Gasteiger partial charge in [-0.2, -0.15) is 0 Å². The number of aromatic nitrogens is 2. The number of benzene rings is 4. The third-order valence-corrected chi connectivity index (χ3v) is 7.10. The zero-order valence-corrected chi connectivity index (χ0v) is 23.2. The second-order valence-electron chi connectivity index (χ2n) is 9.28. The molecule has 0 aliphatic rings. The Morgan fingerprint density at radius 3 is 1.69 bits per heavy atom. The molecule has 0 spiro atoms. The van der Waals surface area contributed by atoms with Gasteiger partial charge in [0, 0.05) is 43.1 Å². The smallest absolute Gasteiger partial charge is 0.152 e. The molecule has 0 saturated carbocycles. The Labute approximate surface area is 252 Å². The van der Waals surface area contributed by atoms with Crippen LogP contribution in [0.25, 0.3) is 44.3 Å². The second-order valence-corrected chi connectivity index (χ2v) is 10.1. The summed E-state index contributed by atoms with van der Waals surface area (Å²) in [5.74, 6) is -0.704. The highest BCUT2D eigenvalue weighted by Gasteiger charge is 2.15. The average molecular weight is 603 g/mol. The summed E-state index contributed by atoms with van der Waals surface area (Å²) in [6, 6.07) is 26.4. The van der Waals surface area contributed by atoms with Gasteiger partial charge in [0.05, 0.1) is 28.5 Å². The van der Waals surface area contributed by atoms with Gasteiger partial charge < -0.3 is 5.11 Å². The first-order valence-electron chi connectivity index (χ1n) is 12.6. The van der Waals surface area contributed by atoms with E-state index in [2.05, 4.69) is 9.97 Å². The fraction of sp³-hybridized carbons (Fsp3) is 0.0882. The van der Waals surface area contributed by atoms with Crippen LogP contribution in [0.3, 0.4) is 0 Å². The maximum atomic E-state index is 13.5. The zero-order chi connectivity index (χ0) is 29.1. The molecule has 0 bridgehead atoms. The molecule has 0 saturated heterocycles. The lowest BCUT2D eigenvalue weighted by molar-refractivity contribution is 0.112. The number of halogens is 4. The van der Waals surface area contributed by atoms with Crippen LogP contribution in [0.4, 0.5) is 8.78 Å². The van der Waals surface area contributed by atoms with E-state index in [1.54, 1.807) is 61.5 Å². The molecule has 0 radical (unpaired) electrons. The zero-order valence-electron chi connectivity index (χ0n) is 21.7. The molecule has 1 N–H and O–H groups in total. The summed E-state index contributed by atoms with van der Waals surface area (Å²) in [6.07, 6.45) is -0.0211. The number of carbonyl (C=O) groups is 1. The van der Waals surface area contributed by atoms with Crippen LogP contribution in [0.15, 0.2) is 97.1 Å². The highest BCUT2D eigenvalue weighted by Crippen LogP contribution is 2.33. The Hall–Kier alpha value is -4.23. The Balaban J connectivity index is 0.000000189. The number of fused-ring (bicyclic) bond motifs is 2. The molecule has 0 aliphatic heterocycles. The monoisotopic (exact) mass is 602 g/mol. The van der Waals surface area contributed by atoms with Crippen molar-refractivity contribution in [2.45, 2.75) is 20.5 Å². The predicted molar refractivity (Wildman–Crippen MR) is 167 cm³/mol. The SMILES string of the molecule is C.CC(O)c1cc2c(Cl)cccc2nc1-c1cccc(F)c1.O=Cc1cc2c(Cl)cccc2nc1-c1cccc(F)c1. The summed E-state index contributed by atoms with van der Waals surface area (Å²) < 4.78 is 26.8. The lowest BCUT2D eigenvalue weighted by Gasteiger charge is -2.14. The van der Waals surface area contributed by atoms with E-state index in [0.29, 0.717) is 66.4 Å². The van der Waals surface area contributed by atoms with Crippen LogP contribution >= 0.6 is 23.2 Å². The van der Waals surface area contributed by atoms with Crippen molar-refractivity contribution >= 4 is 51.3 Å². The van der Waals surface area contributed by atoms with E-state index in [1.165, 1.54) is 24.3 Å². The van der Waals surface area contributed by atoms with Gasteiger partial charge in [-0.15, -0.1) is 0 Å². The number of pyridine rings is 2. The minimum absolute atomic E-state index is 0. The summed E-state index contributed by atoms with van der Waals surface area (Å²) in [5, 5.41) is 12.6. The van der Waals surface area contributed by atoms with E-state index >= 15 is 0 Å². The fourth-order valence-electron chi connectivity index (χ4n) is 4.49. The molecule has 0 amide bonds. The minimum atomic E-state index is -0.726. The maximum absolute atomic E-state index is 13.5. The van der Waals surface area contributed by atoms with E-state index in [0.717, 1.165) is 5.39 Å². The largest absolute Gasteiger partial charge is 0.389 e. The number of carbonyl (C=O) groups excluding carboxylic acids is 1. The summed E-state index contributed by atoms with van der Waals surface area (Å²) in [4.78, 5) is 20.3. The number of hydrogen-bond acceptors (Lipinski definition) is 4. The highest BCUT2D eigenvalue weighted by atomic mass is 35.5. The van der Waals surface area contributed by atoms with Crippen LogP contribution in [0, 0.1) is 11.6 Å². The van der Waals surface area contributed by atoms with Crippen molar-refractivity contribution in [1.29, 1.82) is 0 Å². The molecule has 2 heterocycles. The highest BCUT2D eigenvalue weighted by molar-refractivity contribution is 6.35. The van der Waals surface area contributed by atoms with Crippen LogP contribution in [-0.4, -0.2) is 21.4 Å². The van der Waals surface area contributed by atoms with Crippen LogP contribution in [0.1, 0.15) is 36.4 Å². The number of nitrogens with zero attached hydrogens (tertiary/aromatic N) is 2. The van der Waals surface area contributed by atoms with Crippen molar-refractivity contribution in [2.75, 3.05) is 0 Å². The summed E-state index contributed by atoms with van der Waals surface area (Å²) >= 11 is 12.3. The lowest BCUT2D eigenvalue weighted by Crippen LogP contribution is -1.99. The first-order valence-corrected chi connectivity index (χ1v) is 13.3. The molecule has 4 nitrogen and oxygen atoms in total. The number of hydrogen-bond donors (Lipinski definition) is 1. The number of aliphatic hydroxyl groups is 1. The summed E-state index contributed by atoms with van der Waals surface area (Å²) in [5.41, 5.74) is 4.61. The standard InChI is InChI=1S/C17H13ClFNO.C16H9ClFNO.CH4/c1-10(21)13-9-14-15(18)6-3-7-16(14)20-17(13)11-4-2-5-12(19)8-11;17-14-5-2-6-15-13(14)8-11(9-20)16(19-15)10-3-1-4-12(18)7-10;/h2-10,21H,1H3;1-9H;1H4. The molecule has 8 heteroatoms. The van der Waals surface area contributed by atoms with Gasteiger partial charge in [0.2, 0.25) is 0 Å². The van der Waals surface area contributed by atoms with E-state index in [9.17, 15) is 18.7 Å². The number of aliphatic hydroxyl groups excluding tert-OH is 1. The van der Waals surface area contributed by atoms with Gasteiger partial charge in [-0.1, -0.05) is 67.0 Å². The topological polar surface area (TPSA) is 63.1 Å². The molecule has 42 heavy (non-hydrogen) atoms. The van der Waals surface area contributed by atoms with Crippen LogP contribution in [0.5, 0.6) is 0 Å². The molecule has 6 aromatic rings. The maximum Gasteiger partial charge on any atom is 0.152 e. The minimum Gasteiger partial charge on any atom is -0.389 e. The van der Waals surface area contributed by atoms with E-state index in [-0.39, 0.29) is 19.1 Å². The molecule has 6 rings (SSSR count). The van der Waals surface area contributed by atoms with E-state index in [1.807, 2.05) is 18.2 Å². The Bertz CT molecular complexity index is 1910. The molecule has 1 unspecified atom stereocenters. The van der Waals surface area contributed by atoms with Gasteiger partial charge in [0.25, 0.3) is 0 Å². The molecule has 4 aromatic carbocycles. The fourth-order valence-corrected chi connectivity index (χ4v) is 4.94. The molecular formula is C34H26Cl2F2N2O2. The van der Waals surface area contributed by atoms with Crippen molar-refractivity contribution in [3.63, 3.8) is 0 Å². The summed E-state index contributed by atoms with van der Waals surface area (Å²) in [6.45, 7) is 1.66. The van der Waals surface area contributed by atoms with E-state index < -0.39 is 6.10 Å². The Morgan fingerprint density at radius 1 is 0.714 bits per heavy atom. The predicted octanol–water partition coefficient (Wildman–Crippen LogP) is 9.89. The molecule has 2 aromatic heterocycles. The van der Waals surface area contributed by atoms with Gasteiger partial charge in [-0.3, -0.25) is 4.79 Å². The van der Waals surface area contributed by atoms with Crippen molar-refractivity contribution in [2.24, 2.45) is 0 Å². The third-order valence-electron chi connectivity index (χ3n) is 6.44. The van der Waals surface area contributed by atoms with Crippen molar-refractivity contribution in [3.05, 3.63) is 130 Å². The first-order chi connectivity index (χ1) is 19.7. The van der Waals surface area contributed by atoms with Gasteiger partial charge in [-0.05, 0) is 67.6 Å². The Morgan fingerprint density at radius 2 is 1.19 bits per heavy atom. The number of aldehydes is 1. The quantitative estimate of drug-likeness (QED) is 0.204. The first kappa shape index (κ1) is 30.7. The van der Waals surface area contributed by atoms with Crippen molar-refractivity contribution in [1.82, 2.24) is 9.97 Å². The van der Waals surface area contributed by atoms with Crippen LogP contribution in [0.2, 0.25) is 10.0 Å². The van der Waals surface area contributed by atoms with Gasteiger partial charge in [0.1, 0.15) is 11.6 Å². The molecule has 212 valence electrons. The van der Waals surface area contributed by atoms with Crippen molar-refractivity contribution < 1.29 is 18.7 Å². The van der Waals surface area contributed by atoms with Crippen LogP contribution < -0.4 is 0 Å². The average Bonchev–Trinajstić information content (AvgIpc) is 2.96. The van der Waals surface area contributed by atoms with Gasteiger partial charge >= 0.3 is 0 Å². The van der Waals surface area contributed by atoms with Gasteiger partial charge in [-0.25, -0.2) is 18.7 Å². The van der Waals surface area contributed by atoms with E-state index in [4.69, 9.17) is 23.2 Å². The van der Waals surface area contributed by atoms with Gasteiger partial charge in [0.15, 0.2) is 6.29 Å². The molecular weight excluding hydrogens is 577 g/mol. The second kappa shape index (κ2) is 13.2. The lowest BCUT2D eigenvalue weighted by atomic mass is 10.00. The summed E-state index contributed by atoms with van der Waals surface area (Å²) in [7, 11) is 0.